The van der Waals surface area contributed by atoms with Gasteiger partial charge in [0, 0.05) is 23.7 Å². The van der Waals surface area contributed by atoms with E-state index in [0.717, 1.165) is 37.5 Å². The molecule has 0 amide bonds. The highest BCUT2D eigenvalue weighted by atomic mass is 16.5. The van der Waals surface area contributed by atoms with Crippen molar-refractivity contribution in [1.29, 1.82) is 0 Å². The quantitative estimate of drug-likeness (QED) is 0.763. The highest BCUT2D eigenvalue weighted by Crippen LogP contribution is 2.27. The summed E-state index contributed by atoms with van der Waals surface area (Å²) in [6.07, 6.45) is 2.21. The first-order valence-corrected chi connectivity index (χ1v) is 8.03. The highest BCUT2D eigenvalue weighted by molar-refractivity contribution is 5.41. The fourth-order valence-corrected chi connectivity index (χ4v) is 1.76. The normalized spacial score (nSPS) is 13.0. The van der Waals surface area contributed by atoms with Crippen LogP contribution in [0, 0.1) is 0 Å². The van der Waals surface area contributed by atoms with Crippen molar-refractivity contribution >= 4 is 0 Å². The van der Waals surface area contributed by atoms with E-state index in [1.54, 1.807) is 0 Å². The fourth-order valence-electron chi connectivity index (χ4n) is 1.76. The molecule has 120 valence electrons. The Morgan fingerprint density at radius 1 is 1.19 bits per heavy atom. The molecule has 1 unspecified atom stereocenters. The number of rotatable bonds is 8. The van der Waals surface area contributed by atoms with E-state index in [0.29, 0.717) is 0 Å². The van der Waals surface area contributed by atoms with Crippen molar-refractivity contribution in [3.63, 3.8) is 0 Å². The Balaban J connectivity index is 2.88. The van der Waals surface area contributed by atoms with Crippen LogP contribution in [-0.4, -0.2) is 18.2 Å². The van der Waals surface area contributed by atoms with E-state index < -0.39 is 0 Å². The van der Waals surface area contributed by atoms with Gasteiger partial charge in [-0.3, -0.25) is 0 Å². The van der Waals surface area contributed by atoms with Gasteiger partial charge < -0.3 is 14.8 Å². The van der Waals surface area contributed by atoms with E-state index >= 15 is 0 Å². The molecule has 1 N–H and O–H groups in total. The zero-order valence-corrected chi connectivity index (χ0v) is 14.5. The average Bonchev–Trinajstić information content (AvgIpc) is 2.43. The summed E-state index contributed by atoms with van der Waals surface area (Å²) in [7, 11) is 0. The van der Waals surface area contributed by atoms with Gasteiger partial charge >= 0.3 is 0 Å². The fraction of sp³-hybridized carbons (Fsp3) is 0.667. The largest absolute Gasteiger partial charge is 0.493 e. The minimum atomic E-state index is 0.0883. The van der Waals surface area contributed by atoms with Crippen LogP contribution in [0.15, 0.2) is 18.2 Å². The summed E-state index contributed by atoms with van der Waals surface area (Å²) in [6, 6.07) is 6.14. The lowest BCUT2D eigenvalue weighted by molar-refractivity contribution is 0.212. The summed E-state index contributed by atoms with van der Waals surface area (Å²) in [5.74, 6) is 1.81. The number of benzene rings is 1. The van der Waals surface area contributed by atoms with Crippen LogP contribution in [0.1, 0.15) is 59.9 Å². The topological polar surface area (TPSA) is 30.5 Å². The van der Waals surface area contributed by atoms with Gasteiger partial charge in [0.1, 0.15) is 11.5 Å². The van der Waals surface area contributed by atoms with Crippen molar-refractivity contribution in [3.8, 4) is 11.5 Å². The van der Waals surface area contributed by atoms with E-state index in [2.05, 4.69) is 52.9 Å². The Labute approximate surface area is 130 Å². The van der Waals surface area contributed by atoms with Crippen molar-refractivity contribution in [3.05, 3.63) is 23.8 Å². The Bertz CT molecular complexity index is 424. The van der Waals surface area contributed by atoms with Crippen LogP contribution >= 0.6 is 0 Å². The number of nitrogens with one attached hydrogen (secondary N) is 1. The second-order valence-corrected chi connectivity index (χ2v) is 6.56. The molecule has 3 nitrogen and oxygen atoms in total. The first-order chi connectivity index (χ1) is 9.85. The maximum absolute atomic E-state index is 6.06. The molecule has 0 heterocycles. The zero-order chi connectivity index (χ0) is 15.9. The smallest absolute Gasteiger partial charge is 0.127 e. The second-order valence-electron chi connectivity index (χ2n) is 6.56. The van der Waals surface area contributed by atoms with Crippen molar-refractivity contribution in [2.75, 3.05) is 6.61 Å². The third kappa shape index (κ3) is 6.85. The highest BCUT2D eigenvalue weighted by Gasteiger charge is 2.13. The Kier molecular flexibility index (Phi) is 7.03. The lowest BCUT2D eigenvalue weighted by atomic mass is 10.1. The van der Waals surface area contributed by atoms with Crippen LogP contribution < -0.4 is 14.8 Å². The third-order valence-electron chi connectivity index (χ3n) is 3.22. The molecule has 0 fully saturated rings. The van der Waals surface area contributed by atoms with Gasteiger partial charge in [-0.05, 0) is 46.6 Å². The zero-order valence-electron chi connectivity index (χ0n) is 14.5. The van der Waals surface area contributed by atoms with E-state index in [9.17, 15) is 0 Å². The molecule has 1 rings (SSSR count). The van der Waals surface area contributed by atoms with Crippen LogP contribution in [0.5, 0.6) is 11.5 Å². The molecule has 1 atom stereocenters. The minimum Gasteiger partial charge on any atom is -0.493 e. The van der Waals surface area contributed by atoms with Gasteiger partial charge in [0.05, 0.1) is 12.7 Å². The molecular formula is C18H31NO2. The molecule has 0 saturated carbocycles. The minimum absolute atomic E-state index is 0.0883. The predicted octanol–water partition coefficient (Wildman–Crippen LogP) is 4.54. The van der Waals surface area contributed by atoms with E-state index in [-0.39, 0.29) is 11.6 Å². The molecule has 21 heavy (non-hydrogen) atoms. The van der Waals surface area contributed by atoms with E-state index in [4.69, 9.17) is 9.47 Å². The molecule has 0 aliphatic heterocycles. The maximum atomic E-state index is 6.06. The second kappa shape index (κ2) is 8.28. The van der Waals surface area contributed by atoms with Crippen molar-refractivity contribution in [1.82, 2.24) is 5.32 Å². The number of hydrogen-bond acceptors (Lipinski definition) is 3. The van der Waals surface area contributed by atoms with Crippen LogP contribution in [0.2, 0.25) is 0 Å². The Morgan fingerprint density at radius 2 is 1.90 bits per heavy atom. The molecule has 0 saturated heterocycles. The average molecular weight is 293 g/mol. The van der Waals surface area contributed by atoms with Gasteiger partial charge in [-0.1, -0.05) is 19.9 Å². The predicted molar refractivity (Wildman–Crippen MR) is 89.2 cm³/mol. The molecule has 0 radical (unpaired) electrons. The van der Waals surface area contributed by atoms with Gasteiger partial charge in [0.15, 0.2) is 0 Å². The summed E-state index contributed by atoms with van der Waals surface area (Å²) in [6.45, 7) is 14.4. The standard InChI is InChI=1S/C18H31NO2/c1-7-11-20-16-10-9-15(13-19-18(4,5)6)17(12-16)21-14(3)8-2/h9-10,12,14,19H,7-8,11,13H2,1-6H3. The molecule has 0 aliphatic carbocycles. The monoisotopic (exact) mass is 293 g/mol. The van der Waals surface area contributed by atoms with Gasteiger partial charge in [-0.15, -0.1) is 0 Å². The third-order valence-corrected chi connectivity index (χ3v) is 3.22. The summed E-state index contributed by atoms with van der Waals surface area (Å²) < 4.78 is 11.8. The van der Waals surface area contributed by atoms with Crippen LogP contribution in [-0.2, 0) is 6.54 Å². The summed E-state index contributed by atoms with van der Waals surface area (Å²) >= 11 is 0. The van der Waals surface area contributed by atoms with Crippen molar-refractivity contribution in [2.24, 2.45) is 0 Å². The lowest BCUT2D eigenvalue weighted by Gasteiger charge is -2.23. The molecule has 1 aromatic carbocycles. The lowest BCUT2D eigenvalue weighted by Crippen LogP contribution is -2.35. The first-order valence-electron chi connectivity index (χ1n) is 8.03. The molecule has 1 aromatic rings. The van der Waals surface area contributed by atoms with Crippen LogP contribution in [0.25, 0.3) is 0 Å². The van der Waals surface area contributed by atoms with Gasteiger partial charge in [-0.2, -0.15) is 0 Å². The van der Waals surface area contributed by atoms with Gasteiger partial charge in [0.2, 0.25) is 0 Å². The van der Waals surface area contributed by atoms with Gasteiger partial charge in [-0.25, -0.2) is 0 Å². The van der Waals surface area contributed by atoms with E-state index in [1.807, 2.05) is 12.1 Å². The molecule has 0 aliphatic rings. The molecule has 3 heteroatoms. The SMILES string of the molecule is CCCOc1ccc(CNC(C)(C)C)c(OC(C)CC)c1. The van der Waals surface area contributed by atoms with Crippen LogP contribution in [0.3, 0.4) is 0 Å². The Hall–Kier alpha value is -1.22. The molecule has 0 bridgehead atoms. The Morgan fingerprint density at radius 3 is 2.48 bits per heavy atom. The molecule has 0 aromatic heterocycles. The number of ether oxygens (including phenoxy) is 2. The summed E-state index contributed by atoms with van der Waals surface area (Å²) in [4.78, 5) is 0. The molecular weight excluding hydrogens is 262 g/mol. The van der Waals surface area contributed by atoms with Crippen molar-refractivity contribution in [2.45, 2.75) is 72.6 Å². The van der Waals surface area contributed by atoms with Crippen LogP contribution in [0.4, 0.5) is 0 Å². The number of hydrogen-bond donors (Lipinski definition) is 1. The first kappa shape index (κ1) is 17.8. The van der Waals surface area contributed by atoms with Crippen molar-refractivity contribution < 1.29 is 9.47 Å². The molecule has 0 spiro atoms. The van der Waals surface area contributed by atoms with Gasteiger partial charge in [0.25, 0.3) is 0 Å². The van der Waals surface area contributed by atoms with E-state index in [1.165, 1.54) is 5.56 Å². The maximum Gasteiger partial charge on any atom is 0.127 e. The summed E-state index contributed by atoms with van der Waals surface area (Å²) in [5, 5.41) is 3.51. The summed E-state index contributed by atoms with van der Waals surface area (Å²) in [5.41, 5.74) is 1.26.